The number of aromatic amines is 1. The van der Waals surface area contributed by atoms with Crippen LogP contribution < -0.4 is 5.32 Å². The molecule has 3 rings (SSSR count). The first-order valence-electron chi connectivity index (χ1n) is 6.25. The van der Waals surface area contributed by atoms with E-state index < -0.39 is 0 Å². The fourth-order valence-electron chi connectivity index (χ4n) is 2.71. The van der Waals surface area contributed by atoms with Crippen molar-refractivity contribution in [2.45, 2.75) is 31.7 Å². The highest BCUT2D eigenvalue weighted by atomic mass is 35.5. The smallest absolute Gasteiger partial charge is 0.127 e. The summed E-state index contributed by atoms with van der Waals surface area (Å²) in [6.07, 6.45) is 3.32. The Kier molecular flexibility index (Phi) is 3.00. The first-order chi connectivity index (χ1) is 8.64. The molecule has 0 saturated carbocycles. The van der Waals surface area contributed by atoms with Crippen LogP contribution in [-0.4, -0.2) is 16.5 Å². The van der Waals surface area contributed by atoms with Crippen LogP contribution in [-0.2, 0) is 5.54 Å². The van der Waals surface area contributed by atoms with Gasteiger partial charge in [0.1, 0.15) is 5.82 Å². The highest BCUT2D eigenvalue weighted by molar-refractivity contribution is 6.42. The Hall–Kier alpha value is -0.770. The molecular weight excluding hydrogens is 269 g/mol. The lowest BCUT2D eigenvalue weighted by molar-refractivity contribution is 0.357. The van der Waals surface area contributed by atoms with E-state index in [0.717, 1.165) is 36.2 Å². The summed E-state index contributed by atoms with van der Waals surface area (Å²) in [5, 5.41) is 4.67. The summed E-state index contributed by atoms with van der Waals surface area (Å²) in [7, 11) is 0. The minimum Gasteiger partial charge on any atom is -0.340 e. The summed E-state index contributed by atoms with van der Waals surface area (Å²) < 4.78 is 0. The molecule has 0 spiro atoms. The zero-order valence-corrected chi connectivity index (χ0v) is 11.7. The maximum absolute atomic E-state index is 6.03. The van der Waals surface area contributed by atoms with Crippen molar-refractivity contribution in [1.29, 1.82) is 0 Å². The Bertz CT molecular complexity index is 546. The maximum atomic E-state index is 6.03. The molecule has 1 aromatic carbocycles. The van der Waals surface area contributed by atoms with E-state index >= 15 is 0 Å². The fourth-order valence-corrected chi connectivity index (χ4v) is 3.03. The molecule has 1 aromatic heterocycles. The van der Waals surface area contributed by atoms with Crippen molar-refractivity contribution < 1.29 is 0 Å². The zero-order valence-electron chi connectivity index (χ0n) is 10.2. The minimum atomic E-state index is -0.0159. The Balaban J connectivity index is 2.13. The van der Waals surface area contributed by atoms with Crippen molar-refractivity contribution in [2.75, 3.05) is 6.54 Å². The first-order valence-corrected chi connectivity index (χ1v) is 7.00. The normalized spacial score (nSPS) is 23.9. The Morgan fingerprint density at radius 1 is 1.33 bits per heavy atom. The molecule has 0 radical (unpaired) electrons. The van der Waals surface area contributed by atoms with Gasteiger partial charge in [0.25, 0.3) is 0 Å². The number of aromatic nitrogens is 2. The SMILES string of the molecule is CCC1(c2nc3cc(Cl)c(Cl)cc3[nH]2)CCCN1. The summed E-state index contributed by atoms with van der Waals surface area (Å²) in [6.45, 7) is 3.23. The molecule has 5 heteroatoms. The van der Waals surface area contributed by atoms with Crippen molar-refractivity contribution in [2.24, 2.45) is 0 Å². The Labute approximate surface area is 116 Å². The molecule has 1 saturated heterocycles. The Morgan fingerprint density at radius 3 is 2.78 bits per heavy atom. The molecule has 2 heterocycles. The van der Waals surface area contributed by atoms with E-state index in [0.29, 0.717) is 10.0 Å². The van der Waals surface area contributed by atoms with Crippen LogP contribution in [0.2, 0.25) is 10.0 Å². The summed E-state index contributed by atoms with van der Waals surface area (Å²) in [4.78, 5) is 8.06. The predicted molar refractivity (Wildman–Crippen MR) is 75.3 cm³/mol. The quantitative estimate of drug-likeness (QED) is 0.879. The van der Waals surface area contributed by atoms with Crippen LogP contribution in [0.25, 0.3) is 11.0 Å². The molecular formula is C13H15Cl2N3. The van der Waals surface area contributed by atoms with Crippen molar-refractivity contribution in [3.63, 3.8) is 0 Å². The number of benzene rings is 1. The molecule has 0 bridgehead atoms. The zero-order chi connectivity index (χ0) is 12.8. The predicted octanol–water partition coefficient (Wildman–Crippen LogP) is 3.86. The van der Waals surface area contributed by atoms with Gasteiger partial charge in [-0.3, -0.25) is 0 Å². The number of hydrogen-bond donors (Lipinski definition) is 2. The van der Waals surface area contributed by atoms with Gasteiger partial charge in [-0.2, -0.15) is 0 Å². The van der Waals surface area contributed by atoms with Gasteiger partial charge in [0, 0.05) is 0 Å². The number of nitrogens with zero attached hydrogens (tertiary/aromatic N) is 1. The molecule has 18 heavy (non-hydrogen) atoms. The second-order valence-electron chi connectivity index (χ2n) is 4.83. The molecule has 2 N–H and O–H groups in total. The topological polar surface area (TPSA) is 40.7 Å². The van der Waals surface area contributed by atoms with Crippen molar-refractivity contribution in [3.05, 3.63) is 28.0 Å². The number of H-pyrrole nitrogens is 1. The van der Waals surface area contributed by atoms with E-state index in [1.165, 1.54) is 6.42 Å². The molecule has 1 aliphatic rings. The third-order valence-electron chi connectivity index (χ3n) is 3.82. The van der Waals surface area contributed by atoms with E-state index in [4.69, 9.17) is 23.2 Å². The van der Waals surface area contributed by atoms with Crippen LogP contribution in [0.4, 0.5) is 0 Å². The van der Waals surface area contributed by atoms with Crippen LogP contribution in [0.1, 0.15) is 32.0 Å². The van der Waals surface area contributed by atoms with Crippen LogP contribution >= 0.6 is 23.2 Å². The van der Waals surface area contributed by atoms with E-state index in [1.807, 2.05) is 12.1 Å². The van der Waals surface area contributed by atoms with E-state index in [9.17, 15) is 0 Å². The van der Waals surface area contributed by atoms with E-state index in [2.05, 4.69) is 22.2 Å². The highest BCUT2D eigenvalue weighted by Crippen LogP contribution is 2.34. The minimum absolute atomic E-state index is 0.0159. The number of imidazole rings is 1. The van der Waals surface area contributed by atoms with Gasteiger partial charge in [-0.15, -0.1) is 0 Å². The van der Waals surface area contributed by atoms with Gasteiger partial charge >= 0.3 is 0 Å². The highest BCUT2D eigenvalue weighted by Gasteiger charge is 2.36. The van der Waals surface area contributed by atoms with Crippen molar-refractivity contribution in [1.82, 2.24) is 15.3 Å². The van der Waals surface area contributed by atoms with Crippen LogP contribution in [0.3, 0.4) is 0 Å². The van der Waals surface area contributed by atoms with E-state index in [-0.39, 0.29) is 5.54 Å². The van der Waals surface area contributed by atoms with Gasteiger partial charge in [-0.05, 0) is 37.9 Å². The third kappa shape index (κ3) is 1.81. The molecule has 1 fully saturated rings. The fraction of sp³-hybridized carbons (Fsp3) is 0.462. The number of nitrogens with one attached hydrogen (secondary N) is 2. The van der Waals surface area contributed by atoms with Crippen LogP contribution in [0.15, 0.2) is 12.1 Å². The molecule has 1 aliphatic heterocycles. The molecule has 0 aliphatic carbocycles. The van der Waals surface area contributed by atoms with Gasteiger partial charge in [0.05, 0.1) is 26.6 Å². The first kappa shape index (κ1) is 12.3. The summed E-state index contributed by atoms with van der Waals surface area (Å²) in [6, 6.07) is 3.66. The average Bonchev–Trinajstić information content (AvgIpc) is 2.96. The summed E-state index contributed by atoms with van der Waals surface area (Å²) in [5.41, 5.74) is 1.81. The van der Waals surface area contributed by atoms with Gasteiger partial charge in [-0.25, -0.2) is 4.98 Å². The second-order valence-corrected chi connectivity index (χ2v) is 5.65. The molecule has 0 amide bonds. The summed E-state index contributed by atoms with van der Waals surface area (Å²) >= 11 is 12.1. The standard InChI is InChI=1S/C13H15Cl2N3/c1-2-13(4-3-5-16-13)12-17-10-6-8(14)9(15)7-11(10)18-12/h6-7,16H,2-5H2,1H3,(H,17,18). The summed E-state index contributed by atoms with van der Waals surface area (Å²) in [5.74, 6) is 0.996. The van der Waals surface area contributed by atoms with Crippen molar-refractivity contribution in [3.8, 4) is 0 Å². The number of hydrogen-bond acceptors (Lipinski definition) is 2. The van der Waals surface area contributed by atoms with Crippen LogP contribution in [0, 0.1) is 0 Å². The lowest BCUT2D eigenvalue weighted by Gasteiger charge is -2.25. The monoisotopic (exact) mass is 283 g/mol. The molecule has 1 unspecified atom stereocenters. The lowest BCUT2D eigenvalue weighted by atomic mass is 9.93. The second kappa shape index (κ2) is 4.41. The number of fused-ring (bicyclic) bond motifs is 1. The molecule has 2 aromatic rings. The molecule has 96 valence electrons. The Morgan fingerprint density at radius 2 is 2.11 bits per heavy atom. The maximum Gasteiger partial charge on any atom is 0.127 e. The van der Waals surface area contributed by atoms with Gasteiger partial charge in [0.15, 0.2) is 0 Å². The third-order valence-corrected chi connectivity index (χ3v) is 4.55. The van der Waals surface area contributed by atoms with Gasteiger partial charge < -0.3 is 10.3 Å². The molecule has 3 nitrogen and oxygen atoms in total. The number of halogens is 2. The van der Waals surface area contributed by atoms with Gasteiger partial charge in [-0.1, -0.05) is 30.1 Å². The van der Waals surface area contributed by atoms with Gasteiger partial charge in [0.2, 0.25) is 0 Å². The lowest BCUT2D eigenvalue weighted by Crippen LogP contribution is -2.37. The number of rotatable bonds is 2. The largest absolute Gasteiger partial charge is 0.340 e. The average molecular weight is 284 g/mol. The van der Waals surface area contributed by atoms with Crippen LogP contribution in [0.5, 0.6) is 0 Å². The molecule has 1 atom stereocenters. The van der Waals surface area contributed by atoms with Crippen molar-refractivity contribution >= 4 is 34.2 Å². The van der Waals surface area contributed by atoms with E-state index in [1.54, 1.807) is 0 Å².